The number of benzene rings is 1. The van der Waals surface area contributed by atoms with Crippen molar-refractivity contribution in [2.45, 2.75) is 19.4 Å². The van der Waals surface area contributed by atoms with E-state index in [1.807, 2.05) is 12.1 Å². The number of aliphatic carboxylic acids is 1. The summed E-state index contributed by atoms with van der Waals surface area (Å²) in [6, 6.07) is 6.03. The Labute approximate surface area is 135 Å². The summed E-state index contributed by atoms with van der Waals surface area (Å²) in [5, 5.41) is 9.52. The van der Waals surface area contributed by atoms with E-state index in [0.717, 1.165) is 9.87 Å². The Morgan fingerprint density at radius 3 is 2.61 bits per heavy atom. The summed E-state index contributed by atoms with van der Waals surface area (Å²) in [5.41, 5.74) is 1.49. The molecule has 1 aliphatic heterocycles. The summed E-state index contributed by atoms with van der Waals surface area (Å²) in [5.74, 6) is -1.74. The molecule has 0 bridgehead atoms. The van der Waals surface area contributed by atoms with Gasteiger partial charge in [-0.25, -0.2) is 13.2 Å². The van der Waals surface area contributed by atoms with E-state index in [2.05, 4.69) is 0 Å². The van der Waals surface area contributed by atoms with Gasteiger partial charge in [0.25, 0.3) is 0 Å². The molecule has 0 aromatic heterocycles. The Morgan fingerprint density at radius 1 is 1.35 bits per heavy atom. The van der Waals surface area contributed by atoms with Crippen LogP contribution in [0, 0.1) is 0 Å². The Balaban J connectivity index is 2.25. The molecule has 1 heterocycles. The lowest BCUT2D eigenvalue weighted by atomic mass is 9.92. The number of fused-ring (bicyclic) bond motifs is 1. The summed E-state index contributed by atoms with van der Waals surface area (Å²) < 4.78 is 24.5. The second-order valence-corrected chi connectivity index (χ2v) is 7.80. The highest BCUT2D eigenvalue weighted by Gasteiger charge is 2.36. The normalized spacial score (nSPS) is 17.9. The molecule has 7 nitrogen and oxygen atoms in total. The van der Waals surface area contributed by atoms with Gasteiger partial charge in [-0.15, -0.1) is 0 Å². The highest BCUT2D eigenvalue weighted by atomic mass is 32.2. The molecule has 1 aliphatic rings. The fraction of sp³-hybridized carbons (Fsp3) is 0.467. The van der Waals surface area contributed by atoms with Gasteiger partial charge in [0.05, 0.1) is 12.3 Å². The van der Waals surface area contributed by atoms with Crippen LogP contribution in [0.1, 0.15) is 24.1 Å². The number of carbonyl (C=O) groups is 2. The van der Waals surface area contributed by atoms with Gasteiger partial charge in [0, 0.05) is 13.6 Å². The zero-order valence-electron chi connectivity index (χ0n) is 13.1. The largest absolute Gasteiger partial charge is 0.479 e. The van der Waals surface area contributed by atoms with Crippen LogP contribution >= 0.6 is 0 Å². The van der Waals surface area contributed by atoms with Gasteiger partial charge in [-0.2, -0.15) is 4.31 Å². The van der Waals surface area contributed by atoms with E-state index in [1.165, 1.54) is 18.9 Å². The first-order valence-electron chi connectivity index (χ1n) is 7.32. The molecule has 0 radical (unpaired) electrons. The van der Waals surface area contributed by atoms with E-state index in [-0.39, 0.29) is 18.8 Å². The molecular formula is C15H20N2O5S. The van der Waals surface area contributed by atoms with Gasteiger partial charge < -0.3 is 10.0 Å². The molecule has 1 N–H and O–H groups in total. The monoisotopic (exact) mass is 340 g/mol. The van der Waals surface area contributed by atoms with E-state index in [4.69, 9.17) is 0 Å². The van der Waals surface area contributed by atoms with E-state index in [0.29, 0.717) is 12.0 Å². The first-order chi connectivity index (χ1) is 10.8. The molecule has 2 rings (SSSR count). The third kappa shape index (κ3) is 3.53. The van der Waals surface area contributed by atoms with Gasteiger partial charge in [0.2, 0.25) is 15.9 Å². The molecule has 0 saturated heterocycles. The second-order valence-electron chi connectivity index (χ2n) is 5.43. The summed E-state index contributed by atoms with van der Waals surface area (Å²) in [6.07, 6.45) is 0.552. The van der Waals surface area contributed by atoms with Gasteiger partial charge in [-0.1, -0.05) is 24.3 Å². The highest BCUT2D eigenvalue weighted by Crippen LogP contribution is 2.30. The van der Waals surface area contributed by atoms with E-state index >= 15 is 0 Å². The van der Waals surface area contributed by atoms with E-state index in [1.54, 1.807) is 12.1 Å². The van der Waals surface area contributed by atoms with Crippen LogP contribution in [0.15, 0.2) is 24.3 Å². The van der Waals surface area contributed by atoms with Crippen molar-refractivity contribution in [1.29, 1.82) is 0 Å². The SMILES string of the molecule is CCS(=O)(=O)N(C)CC(=O)N1CCc2ccccc2C1C(=O)O. The molecule has 1 amide bonds. The van der Waals surface area contributed by atoms with Gasteiger partial charge in [-0.05, 0) is 24.5 Å². The number of sulfonamides is 1. The molecule has 0 saturated carbocycles. The van der Waals surface area contributed by atoms with Crippen molar-refractivity contribution >= 4 is 21.9 Å². The number of carboxylic acid groups (broad SMARTS) is 1. The molecule has 1 unspecified atom stereocenters. The van der Waals surface area contributed by atoms with Crippen LogP contribution in [-0.4, -0.2) is 60.5 Å². The van der Waals surface area contributed by atoms with Gasteiger partial charge in [-0.3, -0.25) is 4.79 Å². The lowest BCUT2D eigenvalue weighted by Crippen LogP contribution is -2.48. The summed E-state index contributed by atoms with van der Waals surface area (Å²) in [7, 11) is -2.17. The number of amides is 1. The van der Waals surface area contributed by atoms with Gasteiger partial charge in [0.15, 0.2) is 6.04 Å². The molecule has 1 aromatic rings. The van der Waals surface area contributed by atoms with Gasteiger partial charge in [0.1, 0.15) is 0 Å². The van der Waals surface area contributed by atoms with Crippen LogP contribution in [0.5, 0.6) is 0 Å². The van der Waals surface area contributed by atoms with Crippen molar-refractivity contribution in [1.82, 2.24) is 9.21 Å². The molecule has 0 spiro atoms. The topological polar surface area (TPSA) is 95.0 Å². The van der Waals surface area contributed by atoms with Crippen LogP contribution in [0.25, 0.3) is 0 Å². The predicted molar refractivity (Wildman–Crippen MR) is 84.3 cm³/mol. The molecule has 1 aromatic carbocycles. The van der Waals surface area contributed by atoms with E-state index < -0.39 is 27.9 Å². The van der Waals surface area contributed by atoms with Crippen LogP contribution in [0.4, 0.5) is 0 Å². The second kappa shape index (κ2) is 6.67. The molecule has 0 fully saturated rings. The molecular weight excluding hydrogens is 320 g/mol. The van der Waals surface area contributed by atoms with Gasteiger partial charge >= 0.3 is 5.97 Å². The first kappa shape index (κ1) is 17.4. The summed E-state index contributed by atoms with van der Waals surface area (Å²) >= 11 is 0. The highest BCUT2D eigenvalue weighted by molar-refractivity contribution is 7.89. The standard InChI is InChI=1S/C15H20N2O5S/c1-3-23(21,22)16(2)10-13(18)17-9-8-11-6-4-5-7-12(11)14(17)15(19)20/h4-7,14H,3,8-10H2,1-2H3,(H,19,20). The first-order valence-corrected chi connectivity index (χ1v) is 8.93. The van der Waals surface area contributed by atoms with Crippen LogP contribution in [-0.2, 0) is 26.0 Å². The maximum absolute atomic E-state index is 12.5. The summed E-state index contributed by atoms with van der Waals surface area (Å²) in [4.78, 5) is 25.3. The number of rotatable bonds is 5. The summed E-state index contributed by atoms with van der Waals surface area (Å²) in [6.45, 7) is 1.39. The Morgan fingerprint density at radius 2 is 2.00 bits per heavy atom. The van der Waals surface area contributed by atoms with Crippen molar-refractivity contribution in [3.05, 3.63) is 35.4 Å². The maximum atomic E-state index is 12.5. The molecule has 8 heteroatoms. The maximum Gasteiger partial charge on any atom is 0.331 e. The van der Waals surface area contributed by atoms with Crippen molar-refractivity contribution in [2.75, 3.05) is 25.9 Å². The van der Waals surface area contributed by atoms with Crippen molar-refractivity contribution in [3.63, 3.8) is 0 Å². The van der Waals surface area contributed by atoms with Crippen molar-refractivity contribution in [3.8, 4) is 0 Å². The average molecular weight is 340 g/mol. The third-order valence-corrected chi connectivity index (χ3v) is 5.84. The number of carbonyl (C=O) groups excluding carboxylic acids is 1. The lowest BCUT2D eigenvalue weighted by molar-refractivity contribution is -0.151. The third-order valence-electron chi connectivity index (χ3n) is 4.04. The van der Waals surface area contributed by atoms with Crippen LogP contribution in [0.3, 0.4) is 0 Å². The minimum Gasteiger partial charge on any atom is -0.479 e. The number of nitrogens with zero attached hydrogens (tertiary/aromatic N) is 2. The number of likely N-dealkylation sites (N-methyl/N-ethyl adjacent to an activating group) is 1. The quantitative estimate of drug-likeness (QED) is 0.841. The smallest absolute Gasteiger partial charge is 0.331 e. The fourth-order valence-corrected chi connectivity index (χ4v) is 3.45. The Hall–Kier alpha value is -1.93. The molecule has 1 atom stereocenters. The Bertz CT molecular complexity index is 716. The molecule has 23 heavy (non-hydrogen) atoms. The Kier molecular flexibility index (Phi) is 5.06. The number of hydrogen-bond acceptors (Lipinski definition) is 4. The van der Waals surface area contributed by atoms with Crippen molar-refractivity contribution < 1.29 is 23.1 Å². The minimum absolute atomic E-state index is 0.109. The number of carboxylic acids is 1. The zero-order chi connectivity index (χ0) is 17.2. The minimum atomic E-state index is -3.49. The number of hydrogen-bond donors (Lipinski definition) is 1. The lowest BCUT2D eigenvalue weighted by Gasteiger charge is -2.35. The molecule has 0 aliphatic carbocycles. The average Bonchev–Trinajstić information content (AvgIpc) is 2.53. The van der Waals surface area contributed by atoms with Crippen LogP contribution in [0.2, 0.25) is 0 Å². The fourth-order valence-electron chi connectivity index (χ4n) is 2.70. The van der Waals surface area contributed by atoms with Crippen molar-refractivity contribution in [2.24, 2.45) is 0 Å². The molecule has 126 valence electrons. The van der Waals surface area contributed by atoms with Crippen LogP contribution < -0.4 is 0 Å². The predicted octanol–water partition coefficient (Wildman–Crippen LogP) is 0.478. The zero-order valence-corrected chi connectivity index (χ0v) is 13.9. The van der Waals surface area contributed by atoms with E-state index in [9.17, 15) is 23.1 Å².